The van der Waals surface area contributed by atoms with E-state index >= 15 is 0 Å². The molecule has 7 heteroatoms. The van der Waals surface area contributed by atoms with Crippen molar-refractivity contribution >= 4 is 23.5 Å². The van der Waals surface area contributed by atoms with Gasteiger partial charge in [-0.1, -0.05) is 33.3 Å². The summed E-state index contributed by atoms with van der Waals surface area (Å²) in [5, 5.41) is 5.36. The number of imide groups is 1. The molecule has 4 amide bonds. The van der Waals surface area contributed by atoms with E-state index in [4.69, 9.17) is 0 Å². The van der Waals surface area contributed by atoms with Crippen LogP contribution in [0.15, 0.2) is 24.3 Å². The molecule has 152 valence electrons. The fourth-order valence-electron chi connectivity index (χ4n) is 4.25. The highest BCUT2D eigenvalue weighted by atomic mass is 19.1. The molecule has 2 N–H and O–H groups in total. The summed E-state index contributed by atoms with van der Waals surface area (Å²) in [6.45, 7) is 6.28. The second kappa shape index (κ2) is 7.53. The zero-order valence-corrected chi connectivity index (χ0v) is 16.7. The molecule has 28 heavy (non-hydrogen) atoms. The van der Waals surface area contributed by atoms with E-state index in [1.54, 1.807) is 6.07 Å². The van der Waals surface area contributed by atoms with E-state index in [0.717, 1.165) is 24.2 Å². The lowest BCUT2D eigenvalue weighted by Gasteiger charge is -2.42. The predicted octanol–water partition coefficient (Wildman–Crippen LogP) is 3.68. The molecule has 2 aliphatic rings. The van der Waals surface area contributed by atoms with Gasteiger partial charge in [0.15, 0.2) is 0 Å². The van der Waals surface area contributed by atoms with Crippen molar-refractivity contribution in [1.29, 1.82) is 0 Å². The number of anilines is 1. The van der Waals surface area contributed by atoms with E-state index in [2.05, 4.69) is 31.4 Å². The van der Waals surface area contributed by atoms with Crippen LogP contribution in [0.2, 0.25) is 0 Å². The van der Waals surface area contributed by atoms with Crippen LogP contribution >= 0.6 is 0 Å². The maximum Gasteiger partial charge on any atom is 0.325 e. The highest BCUT2D eigenvalue weighted by Crippen LogP contribution is 2.45. The highest BCUT2D eigenvalue weighted by Gasteiger charge is 2.53. The molecule has 1 aliphatic carbocycles. The second-order valence-electron chi connectivity index (χ2n) is 8.58. The van der Waals surface area contributed by atoms with Crippen LogP contribution in [0.4, 0.5) is 14.9 Å². The van der Waals surface area contributed by atoms with Crippen molar-refractivity contribution < 1.29 is 18.8 Å². The molecule has 1 aliphatic heterocycles. The second-order valence-corrected chi connectivity index (χ2v) is 8.58. The molecule has 0 unspecified atom stereocenters. The number of carbonyl (C=O) groups excluding carboxylic acids is 3. The first-order chi connectivity index (χ1) is 13.2. The molecule has 1 aromatic carbocycles. The van der Waals surface area contributed by atoms with Crippen LogP contribution in [0.25, 0.3) is 0 Å². The summed E-state index contributed by atoms with van der Waals surface area (Å²) in [6, 6.07) is 4.94. The van der Waals surface area contributed by atoms with Gasteiger partial charge in [0.25, 0.3) is 5.91 Å². The summed E-state index contributed by atoms with van der Waals surface area (Å²) >= 11 is 0. The van der Waals surface area contributed by atoms with E-state index < -0.39 is 23.3 Å². The van der Waals surface area contributed by atoms with Crippen molar-refractivity contribution in [1.82, 2.24) is 10.2 Å². The van der Waals surface area contributed by atoms with Crippen LogP contribution in [0, 0.1) is 17.2 Å². The molecule has 0 atom stereocenters. The van der Waals surface area contributed by atoms with Crippen molar-refractivity contribution in [2.75, 3.05) is 11.9 Å². The van der Waals surface area contributed by atoms with Crippen LogP contribution < -0.4 is 10.6 Å². The molecule has 0 radical (unpaired) electrons. The highest BCUT2D eigenvalue weighted by molar-refractivity contribution is 6.10. The Morgan fingerprint density at radius 3 is 2.61 bits per heavy atom. The van der Waals surface area contributed by atoms with Gasteiger partial charge in [0, 0.05) is 5.69 Å². The first-order valence-corrected chi connectivity index (χ1v) is 9.86. The zero-order valence-electron chi connectivity index (χ0n) is 16.7. The molecule has 0 bridgehead atoms. The average molecular weight is 389 g/mol. The van der Waals surface area contributed by atoms with Crippen LogP contribution in [-0.2, 0) is 9.59 Å². The summed E-state index contributed by atoms with van der Waals surface area (Å²) in [6.07, 6.45) is 3.99. The Morgan fingerprint density at radius 2 is 2.00 bits per heavy atom. The number of amides is 4. The Kier molecular flexibility index (Phi) is 5.46. The van der Waals surface area contributed by atoms with E-state index in [0.29, 0.717) is 18.8 Å². The molecule has 1 saturated carbocycles. The molecular formula is C21H28FN3O3. The number of carbonyl (C=O) groups is 3. The normalized spacial score (nSPS) is 25.1. The van der Waals surface area contributed by atoms with Gasteiger partial charge in [-0.25, -0.2) is 9.18 Å². The van der Waals surface area contributed by atoms with Gasteiger partial charge >= 0.3 is 6.03 Å². The predicted molar refractivity (Wildman–Crippen MR) is 104 cm³/mol. The Hall–Kier alpha value is -2.44. The van der Waals surface area contributed by atoms with Gasteiger partial charge in [0.1, 0.15) is 17.9 Å². The number of nitrogens with zero attached hydrogens (tertiary/aromatic N) is 1. The topological polar surface area (TPSA) is 78.5 Å². The van der Waals surface area contributed by atoms with Crippen molar-refractivity contribution in [3.63, 3.8) is 0 Å². The minimum atomic E-state index is -0.892. The van der Waals surface area contributed by atoms with Crippen LogP contribution in [0.1, 0.15) is 52.9 Å². The molecule has 2 fully saturated rings. The zero-order chi connectivity index (χ0) is 20.5. The van der Waals surface area contributed by atoms with Crippen molar-refractivity contribution in [3.8, 4) is 0 Å². The molecule has 1 heterocycles. The fourth-order valence-corrected chi connectivity index (χ4v) is 4.25. The Balaban J connectivity index is 1.63. The van der Waals surface area contributed by atoms with Crippen molar-refractivity contribution in [3.05, 3.63) is 30.1 Å². The van der Waals surface area contributed by atoms with Gasteiger partial charge in [-0.3, -0.25) is 14.5 Å². The molecule has 6 nitrogen and oxygen atoms in total. The third-order valence-electron chi connectivity index (χ3n) is 6.51. The minimum Gasteiger partial charge on any atom is -0.324 e. The van der Waals surface area contributed by atoms with Gasteiger partial charge in [-0.05, 0) is 55.2 Å². The Bertz CT molecular complexity index is 785. The number of hydrogen-bond donors (Lipinski definition) is 2. The summed E-state index contributed by atoms with van der Waals surface area (Å²) in [5.41, 5.74) is -0.400. The molecule has 1 aromatic rings. The number of halogens is 1. The van der Waals surface area contributed by atoms with Crippen LogP contribution in [0.5, 0.6) is 0 Å². The third kappa shape index (κ3) is 3.88. The van der Waals surface area contributed by atoms with E-state index in [1.165, 1.54) is 18.2 Å². The Labute approximate surface area is 164 Å². The molecule has 3 rings (SSSR count). The number of rotatable bonds is 5. The lowest BCUT2D eigenvalue weighted by Crippen LogP contribution is -2.51. The Morgan fingerprint density at radius 1 is 1.32 bits per heavy atom. The van der Waals surface area contributed by atoms with Crippen molar-refractivity contribution in [2.24, 2.45) is 11.3 Å². The van der Waals surface area contributed by atoms with Gasteiger partial charge in [-0.2, -0.15) is 0 Å². The van der Waals surface area contributed by atoms with Crippen molar-refractivity contribution in [2.45, 2.75) is 58.4 Å². The number of benzene rings is 1. The first kappa shape index (κ1) is 20.3. The summed E-state index contributed by atoms with van der Waals surface area (Å²) in [4.78, 5) is 38.6. The smallest absolute Gasteiger partial charge is 0.324 e. The van der Waals surface area contributed by atoms with Gasteiger partial charge in [-0.15, -0.1) is 0 Å². The molecule has 1 saturated heterocycles. The maximum absolute atomic E-state index is 13.2. The van der Waals surface area contributed by atoms with Gasteiger partial charge in [0.05, 0.1) is 0 Å². The van der Waals surface area contributed by atoms with E-state index in [1.807, 2.05) is 0 Å². The van der Waals surface area contributed by atoms with E-state index in [9.17, 15) is 18.8 Å². The standard InChI is InChI=1S/C21H28FN3O3/c1-4-20(2,3)14-8-10-21(11-9-14)18(27)25(19(28)24-21)13-17(26)23-16-7-5-6-15(22)12-16/h5-7,12,14H,4,8-11,13H2,1-3H3,(H,23,26)(H,24,28). The van der Waals surface area contributed by atoms with Crippen LogP contribution in [-0.4, -0.2) is 34.8 Å². The van der Waals surface area contributed by atoms with Crippen LogP contribution in [0.3, 0.4) is 0 Å². The third-order valence-corrected chi connectivity index (χ3v) is 6.51. The maximum atomic E-state index is 13.2. The molecular weight excluding hydrogens is 361 g/mol. The van der Waals surface area contributed by atoms with Gasteiger partial charge in [0.2, 0.25) is 5.91 Å². The lowest BCUT2D eigenvalue weighted by atomic mass is 9.65. The lowest BCUT2D eigenvalue weighted by molar-refractivity contribution is -0.135. The monoisotopic (exact) mass is 389 g/mol. The van der Waals surface area contributed by atoms with Gasteiger partial charge < -0.3 is 10.6 Å². The van der Waals surface area contributed by atoms with E-state index in [-0.39, 0.29) is 23.6 Å². The SMILES string of the molecule is CCC(C)(C)C1CCC2(CC1)NC(=O)N(CC(=O)Nc1cccc(F)c1)C2=O. The average Bonchev–Trinajstić information content (AvgIpc) is 2.86. The quantitative estimate of drug-likeness (QED) is 0.754. The molecule has 1 spiro atoms. The first-order valence-electron chi connectivity index (χ1n) is 9.86. The fraction of sp³-hybridized carbons (Fsp3) is 0.571. The largest absolute Gasteiger partial charge is 0.325 e. The summed E-state index contributed by atoms with van der Waals surface area (Å²) in [7, 11) is 0. The molecule has 0 aromatic heterocycles. The summed E-state index contributed by atoms with van der Waals surface area (Å²) < 4.78 is 13.2. The number of nitrogens with one attached hydrogen (secondary N) is 2. The minimum absolute atomic E-state index is 0.206. The number of hydrogen-bond acceptors (Lipinski definition) is 3. The summed E-state index contributed by atoms with van der Waals surface area (Å²) in [5.74, 6) is -0.830. The number of urea groups is 1.